The van der Waals surface area contributed by atoms with Crippen molar-refractivity contribution >= 4 is 36.0 Å². The number of carbonyl (C=O) groups is 2. The molecule has 2 aliphatic heterocycles. The summed E-state index contributed by atoms with van der Waals surface area (Å²) in [6.45, 7) is 2.43. The lowest BCUT2D eigenvalue weighted by Gasteiger charge is -2.30. The lowest BCUT2D eigenvalue weighted by molar-refractivity contribution is -0.155. The van der Waals surface area contributed by atoms with Crippen LogP contribution in [0.3, 0.4) is 0 Å². The summed E-state index contributed by atoms with van der Waals surface area (Å²) in [5.74, 6) is -1.25. The molecule has 122 valence electrons. The standard InChI is InChI=1S/C9H7NS.C8H13NO3/c1-2-6-9-8(4-1)5-3-7-10-11-9;1-6(10)8(7(11)12)3-2-4-9-5-8/h1-7H;9H,2-5H2,1H3,(H,11,12). The maximum Gasteiger partial charge on any atom is 0.318 e. The number of carboxylic acid groups (broad SMARTS) is 1. The van der Waals surface area contributed by atoms with Gasteiger partial charge in [0.2, 0.25) is 0 Å². The Hall–Kier alpha value is -1.92. The molecule has 5 nitrogen and oxygen atoms in total. The molecule has 6 heteroatoms. The highest BCUT2D eigenvalue weighted by atomic mass is 32.2. The third-order valence-electron chi connectivity index (χ3n) is 3.96. The Kier molecular flexibility index (Phi) is 6.12. The molecular formula is C17H20N2O3S. The van der Waals surface area contributed by atoms with Gasteiger partial charge in [-0.3, -0.25) is 9.59 Å². The van der Waals surface area contributed by atoms with E-state index in [2.05, 4.69) is 27.9 Å². The number of fused-ring (bicyclic) bond motifs is 1. The summed E-state index contributed by atoms with van der Waals surface area (Å²) < 4.78 is 4.12. The fourth-order valence-corrected chi connectivity index (χ4v) is 3.13. The summed E-state index contributed by atoms with van der Waals surface area (Å²) in [4.78, 5) is 23.2. The molecule has 2 aliphatic rings. The lowest BCUT2D eigenvalue weighted by atomic mass is 9.77. The van der Waals surface area contributed by atoms with Crippen LogP contribution >= 0.6 is 11.9 Å². The van der Waals surface area contributed by atoms with Crippen LogP contribution < -0.4 is 5.32 Å². The largest absolute Gasteiger partial charge is 0.480 e. The van der Waals surface area contributed by atoms with E-state index in [0.717, 1.165) is 13.0 Å². The van der Waals surface area contributed by atoms with E-state index in [1.54, 1.807) is 0 Å². The average Bonchev–Trinajstić information content (AvgIpc) is 2.81. The van der Waals surface area contributed by atoms with Crippen LogP contribution in [0.2, 0.25) is 0 Å². The number of ketones is 1. The Morgan fingerprint density at radius 1 is 1.35 bits per heavy atom. The van der Waals surface area contributed by atoms with Gasteiger partial charge in [0.15, 0.2) is 0 Å². The van der Waals surface area contributed by atoms with Crippen molar-refractivity contribution in [3.63, 3.8) is 0 Å². The molecule has 23 heavy (non-hydrogen) atoms. The van der Waals surface area contributed by atoms with Crippen molar-refractivity contribution in [1.29, 1.82) is 0 Å². The third-order valence-corrected chi connectivity index (χ3v) is 4.76. The first-order valence-electron chi connectivity index (χ1n) is 7.47. The molecule has 0 amide bonds. The van der Waals surface area contributed by atoms with Gasteiger partial charge in [-0.2, -0.15) is 0 Å². The van der Waals surface area contributed by atoms with Crippen LogP contribution in [0.25, 0.3) is 6.08 Å². The monoisotopic (exact) mass is 332 g/mol. The zero-order valence-electron chi connectivity index (χ0n) is 13.0. The molecule has 1 aromatic rings. The second-order valence-corrected chi connectivity index (χ2v) is 6.30. The summed E-state index contributed by atoms with van der Waals surface area (Å²) in [6.07, 6.45) is 7.05. The van der Waals surface area contributed by atoms with Crippen molar-refractivity contribution in [3.8, 4) is 0 Å². The molecule has 1 aromatic carbocycles. The van der Waals surface area contributed by atoms with E-state index in [0.29, 0.717) is 6.42 Å². The SMILES string of the molecule is C1=Cc2ccccc2SN=C1.CC(=O)C1(C(=O)O)CCCNC1. The number of piperidine rings is 1. The normalized spacial score (nSPS) is 22.3. The molecular weight excluding hydrogens is 312 g/mol. The van der Waals surface area contributed by atoms with E-state index in [1.165, 1.54) is 29.3 Å². The highest BCUT2D eigenvalue weighted by Crippen LogP contribution is 2.27. The van der Waals surface area contributed by atoms with Crippen LogP contribution in [0.15, 0.2) is 39.6 Å². The fraction of sp³-hybridized carbons (Fsp3) is 0.353. The zero-order chi connectivity index (χ0) is 16.7. The van der Waals surface area contributed by atoms with Gasteiger partial charge in [0, 0.05) is 29.6 Å². The molecule has 2 N–H and O–H groups in total. The molecule has 1 fully saturated rings. The number of rotatable bonds is 2. The first kappa shape index (κ1) is 17.4. The number of benzene rings is 1. The molecule has 0 radical (unpaired) electrons. The molecule has 3 rings (SSSR count). The Morgan fingerprint density at radius 3 is 2.74 bits per heavy atom. The topological polar surface area (TPSA) is 78.8 Å². The van der Waals surface area contributed by atoms with Crippen molar-refractivity contribution in [2.45, 2.75) is 24.7 Å². The van der Waals surface area contributed by atoms with Crippen molar-refractivity contribution in [1.82, 2.24) is 5.32 Å². The number of allylic oxidation sites excluding steroid dienone is 1. The number of nitrogens with zero attached hydrogens (tertiary/aromatic N) is 1. The maximum absolute atomic E-state index is 11.1. The molecule has 0 aromatic heterocycles. The molecule has 1 atom stereocenters. The van der Waals surface area contributed by atoms with E-state index in [9.17, 15) is 9.59 Å². The minimum absolute atomic E-state index is 0.248. The molecule has 0 bridgehead atoms. The highest BCUT2D eigenvalue weighted by Gasteiger charge is 2.44. The number of carboxylic acids is 1. The van der Waals surface area contributed by atoms with Gasteiger partial charge in [-0.15, -0.1) is 0 Å². The van der Waals surface area contributed by atoms with Crippen LogP contribution in [-0.4, -0.2) is 36.2 Å². The molecule has 0 spiro atoms. The van der Waals surface area contributed by atoms with E-state index in [4.69, 9.17) is 5.11 Å². The molecule has 0 saturated carbocycles. The Morgan fingerprint density at radius 2 is 2.13 bits per heavy atom. The Labute approximate surface area is 140 Å². The second-order valence-electron chi connectivity index (χ2n) is 5.47. The fourth-order valence-electron chi connectivity index (χ4n) is 2.51. The van der Waals surface area contributed by atoms with Crippen molar-refractivity contribution in [2.75, 3.05) is 13.1 Å². The minimum atomic E-state index is -1.15. The van der Waals surface area contributed by atoms with Crippen molar-refractivity contribution in [2.24, 2.45) is 9.81 Å². The van der Waals surface area contributed by atoms with Gasteiger partial charge in [-0.1, -0.05) is 24.3 Å². The number of hydrogen-bond acceptors (Lipinski definition) is 5. The summed E-state index contributed by atoms with van der Waals surface area (Å²) >= 11 is 1.52. The third kappa shape index (κ3) is 4.30. The second kappa shape index (κ2) is 8.08. The van der Waals surface area contributed by atoms with Crippen LogP contribution in [0.4, 0.5) is 0 Å². The van der Waals surface area contributed by atoms with Gasteiger partial charge in [0.25, 0.3) is 0 Å². The quantitative estimate of drug-likeness (QED) is 0.643. The number of nitrogens with one attached hydrogen (secondary N) is 1. The van der Waals surface area contributed by atoms with Gasteiger partial charge in [-0.05, 0) is 44.0 Å². The van der Waals surface area contributed by atoms with Crippen LogP contribution in [0.1, 0.15) is 25.3 Å². The number of aliphatic carboxylic acids is 1. The number of Topliss-reactive ketones (excluding diaryl/α,β-unsaturated/α-hetero) is 1. The highest BCUT2D eigenvalue weighted by molar-refractivity contribution is 7.98. The van der Waals surface area contributed by atoms with Crippen molar-refractivity contribution < 1.29 is 14.7 Å². The van der Waals surface area contributed by atoms with Crippen molar-refractivity contribution in [3.05, 3.63) is 35.9 Å². The van der Waals surface area contributed by atoms with Gasteiger partial charge in [0.1, 0.15) is 11.2 Å². The summed E-state index contributed by atoms with van der Waals surface area (Å²) in [7, 11) is 0. The Bertz CT molecular complexity index is 618. The lowest BCUT2D eigenvalue weighted by Crippen LogP contribution is -2.49. The molecule has 1 unspecified atom stereocenters. The van der Waals surface area contributed by atoms with Crippen LogP contribution in [-0.2, 0) is 9.59 Å². The number of carbonyl (C=O) groups excluding carboxylic acids is 1. The predicted molar refractivity (Wildman–Crippen MR) is 92.7 cm³/mol. The molecule has 2 heterocycles. The summed E-state index contributed by atoms with van der Waals surface area (Å²) in [6, 6.07) is 8.23. The van der Waals surface area contributed by atoms with Gasteiger partial charge in [0.05, 0.1) is 0 Å². The summed E-state index contributed by atoms with van der Waals surface area (Å²) in [5, 5.41) is 11.8. The smallest absolute Gasteiger partial charge is 0.318 e. The van der Waals surface area contributed by atoms with E-state index in [-0.39, 0.29) is 12.3 Å². The zero-order valence-corrected chi connectivity index (χ0v) is 13.8. The van der Waals surface area contributed by atoms with E-state index < -0.39 is 11.4 Å². The molecule has 1 saturated heterocycles. The summed E-state index contributed by atoms with van der Waals surface area (Å²) in [5.41, 5.74) is 0.0909. The predicted octanol–water partition coefficient (Wildman–Crippen LogP) is 2.82. The van der Waals surface area contributed by atoms with Crippen LogP contribution in [0.5, 0.6) is 0 Å². The van der Waals surface area contributed by atoms with Gasteiger partial charge < -0.3 is 10.4 Å². The van der Waals surface area contributed by atoms with E-state index >= 15 is 0 Å². The molecule has 0 aliphatic carbocycles. The van der Waals surface area contributed by atoms with Crippen LogP contribution in [0, 0.1) is 5.41 Å². The maximum atomic E-state index is 11.1. The minimum Gasteiger partial charge on any atom is -0.480 e. The van der Waals surface area contributed by atoms with Gasteiger partial charge in [-0.25, -0.2) is 4.40 Å². The first-order chi connectivity index (χ1) is 11.1. The first-order valence-corrected chi connectivity index (χ1v) is 8.25. The van der Waals surface area contributed by atoms with Gasteiger partial charge >= 0.3 is 5.97 Å². The average molecular weight is 332 g/mol. The number of hydrogen-bond donors (Lipinski definition) is 2. The van der Waals surface area contributed by atoms with E-state index in [1.807, 2.05) is 24.4 Å². The Balaban J connectivity index is 0.000000167.